The Morgan fingerprint density at radius 1 is 1.33 bits per heavy atom. The monoisotopic (exact) mass is 264 g/mol. The molecule has 0 atom stereocenters. The number of hydrogen-bond donors (Lipinski definition) is 1. The molecule has 2 aromatic rings. The maximum Gasteiger partial charge on any atom is 0.321 e. The minimum Gasteiger partial charge on any atom is -0.472 e. The quantitative estimate of drug-likeness (QED) is 0.921. The van der Waals surface area contributed by atoms with Gasteiger partial charge in [0.2, 0.25) is 0 Å². The van der Waals surface area contributed by atoms with E-state index in [0.29, 0.717) is 17.3 Å². The molecule has 0 bridgehead atoms. The van der Waals surface area contributed by atoms with Gasteiger partial charge in [0, 0.05) is 23.3 Å². The molecule has 0 spiro atoms. The second-order valence-electron chi connectivity index (χ2n) is 3.92. The summed E-state index contributed by atoms with van der Waals surface area (Å²) in [5, 5.41) is 3.42. The van der Waals surface area contributed by atoms with Crippen LogP contribution in [-0.2, 0) is 6.54 Å². The molecule has 0 fully saturated rings. The van der Waals surface area contributed by atoms with Gasteiger partial charge in [-0.3, -0.25) is 0 Å². The van der Waals surface area contributed by atoms with Crippen molar-refractivity contribution in [2.45, 2.75) is 6.54 Å². The van der Waals surface area contributed by atoms with Crippen LogP contribution in [0.3, 0.4) is 0 Å². The zero-order chi connectivity index (χ0) is 13.0. The number of benzene rings is 1. The molecular weight excluding hydrogens is 252 g/mol. The number of urea groups is 1. The molecular formula is C13H13ClN2O2. The highest BCUT2D eigenvalue weighted by atomic mass is 35.5. The zero-order valence-corrected chi connectivity index (χ0v) is 10.6. The van der Waals surface area contributed by atoms with E-state index < -0.39 is 0 Å². The van der Waals surface area contributed by atoms with Gasteiger partial charge in [-0.05, 0) is 30.3 Å². The Morgan fingerprint density at radius 2 is 2.06 bits per heavy atom. The molecule has 0 saturated carbocycles. The van der Waals surface area contributed by atoms with E-state index in [9.17, 15) is 4.79 Å². The summed E-state index contributed by atoms with van der Waals surface area (Å²) >= 11 is 5.77. The number of amides is 2. The van der Waals surface area contributed by atoms with Gasteiger partial charge >= 0.3 is 6.03 Å². The summed E-state index contributed by atoms with van der Waals surface area (Å²) in [6.07, 6.45) is 3.20. The highest BCUT2D eigenvalue weighted by molar-refractivity contribution is 6.30. The molecule has 0 saturated heterocycles. The van der Waals surface area contributed by atoms with Crippen molar-refractivity contribution in [3.63, 3.8) is 0 Å². The third kappa shape index (κ3) is 3.28. The van der Waals surface area contributed by atoms with Crippen molar-refractivity contribution in [1.82, 2.24) is 4.90 Å². The predicted octanol–water partition coefficient (Wildman–Crippen LogP) is 3.60. The molecule has 1 N–H and O–H groups in total. The van der Waals surface area contributed by atoms with E-state index in [1.54, 1.807) is 48.7 Å². The van der Waals surface area contributed by atoms with Crippen LogP contribution < -0.4 is 5.32 Å². The van der Waals surface area contributed by atoms with Crippen LogP contribution in [0.1, 0.15) is 5.56 Å². The largest absolute Gasteiger partial charge is 0.472 e. The number of nitrogens with zero attached hydrogens (tertiary/aromatic N) is 1. The molecule has 0 aliphatic rings. The van der Waals surface area contributed by atoms with E-state index in [1.165, 1.54) is 0 Å². The smallest absolute Gasteiger partial charge is 0.321 e. The van der Waals surface area contributed by atoms with Crippen molar-refractivity contribution in [2.24, 2.45) is 0 Å². The second kappa shape index (κ2) is 5.60. The van der Waals surface area contributed by atoms with Crippen LogP contribution in [0.15, 0.2) is 47.3 Å². The second-order valence-corrected chi connectivity index (χ2v) is 4.36. The number of anilines is 1. The summed E-state index contributed by atoms with van der Waals surface area (Å²) in [4.78, 5) is 13.4. The van der Waals surface area contributed by atoms with Crippen LogP contribution in [0.2, 0.25) is 5.02 Å². The molecule has 1 aromatic carbocycles. The van der Waals surface area contributed by atoms with Gasteiger partial charge in [-0.15, -0.1) is 0 Å². The first-order chi connectivity index (χ1) is 8.65. The Kier molecular flexibility index (Phi) is 3.89. The van der Waals surface area contributed by atoms with E-state index in [-0.39, 0.29) is 6.03 Å². The van der Waals surface area contributed by atoms with E-state index in [4.69, 9.17) is 16.0 Å². The molecule has 18 heavy (non-hydrogen) atoms. The van der Waals surface area contributed by atoms with Crippen molar-refractivity contribution in [3.8, 4) is 0 Å². The van der Waals surface area contributed by atoms with Gasteiger partial charge in [-0.25, -0.2) is 4.79 Å². The van der Waals surface area contributed by atoms with Crippen molar-refractivity contribution >= 4 is 23.3 Å². The van der Waals surface area contributed by atoms with E-state index in [2.05, 4.69) is 5.32 Å². The maximum absolute atomic E-state index is 11.9. The van der Waals surface area contributed by atoms with E-state index >= 15 is 0 Å². The fourth-order valence-corrected chi connectivity index (χ4v) is 1.61. The zero-order valence-electron chi connectivity index (χ0n) is 9.89. The summed E-state index contributed by atoms with van der Waals surface area (Å²) in [6, 6.07) is 8.61. The van der Waals surface area contributed by atoms with Gasteiger partial charge in [-0.1, -0.05) is 11.6 Å². The van der Waals surface area contributed by atoms with Gasteiger partial charge in [0.15, 0.2) is 0 Å². The van der Waals surface area contributed by atoms with Crippen LogP contribution in [0.4, 0.5) is 10.5 Å². The lowest BCUT2D eigenvalue weighted by atomic mass is 10.3. The normalized spacial score (nSPS) is 10.1. The average Bonchev–Trinajstić information content (AvgIpc) is 2.85. The van der Waals surface area contributed by atoms with Gasteiger partial charge in [0.05, 0.1) is 19.1 Å². The molecule has 1 aromatic heterocycles. The predicted molar refractivity (Wildman–Crippen MR) is 70.6 cm³/mol. The topological polar surface area (TPSA) is 45.5 Å². The molecule has 94 valence electrons. The molecule has 2 amide bonds. The van der Waals surface area contributed by atoms with Gasteiger partial charge in [-0.2, -0.15) is 0 Å². The van der Waals surface area contributed by atoms with Crippen molar-refractivity contribution < 1.29 is 9.21 Å². The number of carbonyl (C=O) groups excluding carboxylic acids is 1. The standard InChI is InChI=1S/C13H13ClN2O2/c1-16(8-10-6-7-18-9-10)13(17)15-12-4-2-11(14)3-5-12/h2-7,9H,8H2,1H3,(H,15,17). The fourth-order valence-electron chi connectivity index (χ4n) is 1.48. The number of furan rings is 1. The summed E-state index contributed by atoms with van der Waals surface area (Å²) in [5.41, 5.74) is 1.66. The Bertz CT molecular complexity index is 508. The number of rotatable bonds is 3. The minimum atomic E-state index is -0.182. The molecule has 2 rings (SSSR count). The van der Waals surface area contributed by atoms with Gasteiger partial charge in [0.25, 0.3) is 0 Å². The van der Waals surface area contributed by atoms with Crippen molar-refractivity contribution in [3.05, 3.63) is 53.4 Å². The molecule has 1 heterocycles. The van der Waals surface area contributed by atoms with Crippen LogP contribution in [-0.4, -0.2) is 18.0 Å². The molecule has 0 aliphatic carbocycles. The third-order valence-corrected chi connectivity index (χ3v) is 2.69. The number of carbonyl (C=O) groups is 1. The molecule has 0 unspecified atom stereocenters. The van der Waals surface area contributed by atoms with Crippen LogP contribution in [0, 0.1) is 0 Å². The fraction of sp³-hybridized carbons (Fsp3) is 0.154. The number of hydrogen-bond acceptors (Lipinski definition) is 2. The summed E-state index contributed by atoms with van der Waals surface area (Å²) < 4.78 is 4.95. The van der Waals surface area contributed by atoms with Crippen molar-refractivity contribution in [2.75, 3.05) is 12.4 Å². The summed E-state index contributed by atoms with van der Waals surface area (Å²) in [6.45, 7) is 0.496. The average molecular weight is 265 g/mol. The summed E-state index contributed by atoms with van der Waals surface area (Å²) in [5.74, 6) is 0. The van der Waals surface area contributed by atoms with E-state index in [0.717, 1.165) is 5.56 Å². The van der Waals surface area contributed by atoms with Crippen LogP contribution in [0.5, 0.6) is 0 Å². The molecule has 4 nitrogen and oxygen atoms in total. The number of halogens is 1. The Labute approximate surface area is 110 Å². The first kappa shape index (κ1) is 12.5. The Morgan fingerprint density at radius 3 is 2.67 bits per heavy atom. The van der Waals surface area contributed by atoms with E-state index in [1.807, 2.05) is 6.07 Å². The minimum absolute atomic E-state index is 0.182. The highest BCUT2D eigenvalue weighted by Gasteiger charge is 2.09. The lowest BCUT2D eigenvalue weighted by molar-refractivity contribution is 0.220. The maximum atomic E-state index is 11.9. The molecule has 0 aliphatic heterocycles. The van der Waals surface area contributed by atoms with Crippen LogP contribution in [0.25, 0.3) is 0 Å². The lowest BCUT2D eigenvalue weighted by Crippen LogP contribution is -2.30. The van der Waals surface area contributed by atoms with Crippen molar-refractivity contribution in [1.29, 1.82) is 0 Å². The Balaban J connectivity index is 1.93. The third-order valence-electron chi connectivity index (χ3n) is 2.44. The SMILES string of the molecule is CN(Cc1ccoc1)C(=O)Nc1ccc(Cl)cc1. The van der Waals surface area contributed by atoms with Gasteiger partial charge in [0.1, 0.15) is 0 Å². The highest BCUT2D eigenvalue weighted by Crippen LogP contribution is 2.14. The molecule has 0 radical (unpaired) electrons. The molecule has 5 heteroatoms. The Hall–Kier alpha value is -1.94. The van der Waals surface area contributed by atoms with Gasteiger partial charge < -0.3 is 14.6 Å². The first-order valence-corrected chi connectivity index (χ1v) is 5.82. The number of nitrogens with one attached hydrogen (secondary N) is 1. The summed E-state index contributed by atoms with van der Waals surface area (Å²) in [7, 11) is 1.72. The van der Waals surface area contributed by atoms with Crippen LogP contribution >= 0.6 is 11.6 Å². The first-order valence-electron chi connectivity index (χ1n) is 5.44. The lowest BCUT2D eigenvalue weighted by Gasteiger charge is -2.17.